The van der Waals surface area contributed by atoms with Gasteiger partial charge in [-0.25, -0.2) is 0 Å². The minimum atomic E-state index is 0.534. The number of nitrogens with zero attached hydrogens (tertiary/aromatic N) is 1. The van der Waals surface area contributed by atoms with Crippen LogP contribution in [-0.4, -0.2) is 24.0 Å². The van der Waals surface area contributed by atoms with E-state index in [4.69, 9.17) is 0 Å². The van der Waals surface area contributed by atoms with Gasteiger partial charge >= 0.3 is 0 Å². The molecule has 2 atom stereocenters. The second kappa shape index (κ2) is 8.63. The van der Waals surface area contributed by atoms with Gasteiger partial charge in [0.25, 0.3) is 0 Å². The molecule has 1 aliphatic heterocycles. The Labute approximate surface area is 160 Å². The van der Waals surface area contributed by atoms with E-state index in [1.54, 1.807) is 0 Å². The van der Waals surface area contributed by atoms with Crippen LogP contribution in [0.15, 0.2) is 78.2 Å². The van der Waals surface area contributed by atoms with Crippen LogP contribution in [0.25, 0.3) is 0 Å². The standard InChI is InChI=1S/C23H26N2S/c1-3-8-19(9-4-1)17-25-14-13-23(24-16-21-12-7-15-26-21)22(18-25)20-10-5-2-6-11-20/h1-12,15,22-24H,13-14,16-18H2. The fourth-order valence-electron chi connectivity index (χ4n) is 3.93. The zero-order valence-electron chi connectivity index (χ0n) is 15.1. The summed E-state index contributed by atoms with van der Waals surface area (Å²) in [4.78, 5) is 4.03. The summed E-state index contributed by atoms with van der Waals surface area (Å²) in [7, 11) is 0. The van der Waals surface area contributed by atoms with E-state index in [1.165, 1.54) is 22.4 Å². The van der Waals surface area contributed by atoms with Gasteiger partial charge in [0, 0.05) is 43.0 Å². The number of hydrogen-bond acceptors (Lipinski definition) is 3. The molecule has 1 saturated heterocycles. The second-order valence-electron chi connectivity index (χ2n) is 7.09. The molecule has 1 fully saturated rings. The van der Waals surface area contributed by atoms with Crippen molar-refractivity contribution < 1.29 is 0 Å². The lowest BCUT2D eigenvalue weighted by atomic mass is 9.85. The molecule has 2 unspecified atom stereocenters. The molecule has 26 heavy (non-hydrogen) atoms. The Morgan fingerprint density at radius 1 is 0.923 bits per heavy atom. The van der Waals surface area contributed by atoms with Crippen molar-refractivity contribution in [2.75, 3.05) is 13.1 Å². The van der Waals surface area contributed by atoms with E-state index in [0.29, 0.717) is 12.0 Å². The molecule has 3 heteroatoms. The molecule has 1 aliphatic rings. The number of likely N-dealkylation sites (tertiary alicyclic amines) is 1. The first-order valence-electron chi connectivity index (χ1n) is 9.45. The van der Waals surface area contributed by atoms with Gasteiger partial charge in [0.2, 0.25) is 0 Å². The SMILES string of the molecule is c1ccc(CN2CCC(NCc3cccs3)C(c3ccccc3)C2)cc1. The van der Waals surface area contributed by atoms with E-state index >= 15 is 0 Å². The van der Waals surface area contributed by atoms with Gasteiger partial charge in [-0.1, -0.05) is 66.7 Å². The Bertz CT molecular complexity index is 770. The van der Waals surface area contributed by atoms with Gasteiger partial charge in [-0.15, -0.1) is 11.3 Å². The van der Waals surface area contributed by atoms with Crippen molar-refractivity contribution in [2.45, 2.75) is 31.5 Å². The first-order chi connectivity index (χ1) is 12.9. The molecule has 0 spiro atoms. The Morgan fingerprint density at radius 3 is 2.42 bits per heavy atom. The fraction of sp³-hybridized carbons (Fsp3) is 0.304. The van der Waals surface area contributed by atoms with Crippen LogP contribution in [0.2, 0.25) is 0 Å². The average Bonchev–Trinajstić information content (AvgIpc) is 3.22. The molecule has 3 aromatic rings. The molecule has 1 aromatic heterocycles. The number of hydrogen-bond donors (Lipinski definition) is 1. The van der Waals surface area contributed by atoms with E-state index < -0.39 is 0 Å². The van der Waals surface area contributed by atoms with Gasteiger partial charge in [0.1, 0.15) is 0 Å². The van der Waals surface area contributed by atoms with Gasteiger partial charge in [0.15, 0.2) is 0 Å². The maximum atomic E-state index is 3.84. The molecule has 2 heterocycles. The first-order valence-corrected chi connectivity index (χ1v) is 10.3. The summed E-state index contributed by atoms with van der Waals surface area (Å²) >= 11 is 1.84. The van der Waals surface area contributed by atoms with E-state index in [1.807, 2.05) is 11.3 Å². The summed E-state index contributed by atoms with van der Waals surface area (Å²) in [5, 5.41) is 6.00. The van der Waals surface area contributed by atoms with Crippen LogP contribution < -0.4 is 5.32 Å². The highest BCUT2D eigenvalue weighted by molar-refractivity contribution is 7.09. The number of nitrogens with one attached hydrogen (secondary N) is 1. The maximum Gasteiger partial charge on any atom is 0.0302 e. The molecule has 0 bridgehead atoms. The van der Waals surface area contributed by atoms with E-state index in [2.05, 4.69) is 88.4 Å². The number of piperidine rings is 1. The molecule has 2 aromatic carbocycles. The molecule has 0 amide bonds. The molecular weight excluding hydrogens is 336 g/mol. The third-order valence-electron chi connectivity index (χ3n) is 5.29. The molecule has 4 rings (SSSR count). The third-order valence-corrected chi connectivity index (χ3v) is 6.17. The van der Waals surface area contributed by atoms with Crippen LogP contribution in [0, 0.1) is 0 Å². The van der Waals surface area contributed by atoms with E-state index in [0.717, 1.165) is 26.2 Å². The largest absolute Gasteiger partial charge is 0.308 e. The fourth-order valence-corrected chi connectivity index (χ4v) is 4.59. The van der Waals surface area contributed by atoms with Crippen molar-refractivity contribution in [3.63, 3.8) is 0 Å². The van der Waals surface area contributed by atoms with Crippen molar-refractivity contribution in [1.29, 1.82) is 0 Å². The van der Waals surface area contributed by atoms with Gasteiger partial charge in [0.05, 0.1) is 0 Å². The molecule has 134 valence electrons. The lowest BCUT2D eigenvalue weighted by Crippen LogP contribution is -2.47. The van der Waals surface area contributed by atoms with Crippen LogP contribution in [0.3, 0.4) is 0 Å². The Kier molecular flexibility index (Phi) is 5.80. The average molecular weight is 363 g/mol. The molecule has 0 saturated carbocycles. The van der Waals surface area contributed by atoms with Gasteiger partial charge in [-0.3, -0.25) is 4.90 Å². The maximum absolute atomic E-state index is 3.84. The molecular formula is C23H26N2S. The molecule has 1 N–H and O–H groups in total. The zero-order chi connectivity index (χ0) is 17.6. The van der Waals surface area contributed by atoms with Crippen molar-refractivity contribution in [1.82, 2.24) is 10.2 Å². The van der Waals surface area contributed by atoms with Crippen molar-refractivity contribution in [3.05, 3.63) is 94.2 Å². The molecule has 0 radical (unpaired) electrons. The van der Waals surface area contributed by atoms with Gasteiger partial charge in [-0.05, 0) is 29.0 Å². The van der Waals surface area contributed by atoms with Crippen molar-refractivity contribution >= 4 is 11.3 Å². The minimum Gasteiger partial charge on any atom is -0.308 e. The highest BCUT2D eigenvalue weighted by Gasteiger charge is 2.30. The van der Waals surface area contributed by atoms with Gasteiger partial charge < -0.3 is 5.32 Å². The van der Waals surface area contributed by atoms with Crippen LogP contribution in [0.5, 0.6) is 0 Å². The minimum absolute atomic E-state index is 0.534. The summed E-state index contributed by atoms with van der Waals surface area (Å²) < 4.78 is 0. The topological polar surface area (TPSA) is 15.3 Å². The Hall–Kier alpha value is -1.94. The Morgan fingerprint density at radius 2 is 1.69 bits per heavy atom. The quantitative estimate of drug-likeness (QED) is 0.671. The van der Waals surface area contributed by atoms with Crippen LogP contribution >= 0.6 is 11.3 Å². The number of benzene rings is 2. The number of rotatable bonds is 6. The lowest BCUT2D eigenvalue weighted by molar-refractivity contribution is 0.167. The Balaban J connectivity index is 1.46. The van der Waals surface area contributed by atoms with E-state index in [-0.39, 0.29) is 0 Å². The predicted molar refractivity (Wildman–Crippen MR) is 110 cm³/mol. The summed E-state index contributed by atoms with van der Waals surface area (Å²) in [6.07, 6.45) is 1.19. The van der Waals surface area contributed by atoms with Gasteiger partial charge in [-0.2, -0.15) is 0 Å². The number of thiophene rings is 1. The van der Waals surface area contributed by atoms with Crippen molar-refractivity contribution in [2.24, 2.45) is 0 Å². The van der Waals surface area contributed by atoms with Crippen LogP contribution in [0.1, 0.15) is 28.3 Å². The summed E-state index contributed by atoms with van der Waals surface area (Å²) in [6.45, 7) is 4.29. The predicted octanol–water partition coefficient (Wildman–Crippen LogP) is 4.90. The molecule has 0 aliphatic carbocycles. The summed E-state index contributed by atoms with van der Waals surface area (Å²) in [6, 6.07) is 26.8. The summed E-state index contributed by atoms with van der Waals surface area (Å²) in [5.74, 6) is 0.536. The zero-order valence-corrected chi connectivity index (χ0v) is 15.9. The molecule has 2 nitrogen and oxygen atoms in total. The van der Waals surface area contributed by atoms with Crippen LogP contribution in [0.4, 0.5) is 0 Å². The highest BCUT2D eigenvalue weighted by atomic mass is 32.1. The van der Waals surface area contributed by atoms with E-state index in [9.17, 15) is 0 Å². The lowest BCUT2D eigenvalue weighted by Gasteiger charge is -2.39. The third kappa shape index (κ3) is 4.42. The van der Waals surface area contributed by atoms with Crippen molar-refractivity contribution in [3.8, 4) is 0 Å². The summed E-state index contributed by atoms with van der Waals surface area (Å²) in [5.41, 5.74) is 2.86. The normalized spacial score (nSPS) is 20.9. The van der Waals surface area contributed by atoms with Crippen LogP contribution in [-0.2, 0) is 13.1 Å². The second-order valence-corrected chi connectivity index (χ2v) is 8.13. The highest BCUT2D eigenvalue weighted by Crippen LogP contribution is 2.28. The monoisotopic (exact) mass is 362 g/mol. The first kappa shape index (κ1) is 17.5. The smallest absolute Gasteiger partial charge is 0.0302 e.